The number of nitrogens with one attached hydrogen (secondary N) is 1. The standard InChI is InChI=1S/C11H16NOS/c1-4-9-5-7-10(8-6-9)11(2,3)12-14-13/h5-8H,4H2,1-3H3,(H,12,13)/q+1. The molecule has 1 rings (SSSR count). The second-order valence-electron chi connectivity index (χ2n) is 3.86. The molecule has 0 bridgehead atoms. The van der Waals surface area contributed by atoms with Crippen molar-refractivity contribution < 1.29 is 4.21 Å². The fourth-order valence-electron chi connectivity index (χ4n) is 1.32. The molecule has 2 nitrogen and oxygen atoms in total. The van der Waals surface area contributed by atoms with E-state index in [-0.39, 0.29) is 5.54 Å². The van der Waals surface area contributed by atoms with Gasteiger partial charge in [-0.05, 0) is 36.1 Å². The van der Waals surface area contributed by atoms with Crippen molar-refractivity contribution in [3.05, 3.63) is 35.4 Å². The van der Waals surface area contributed by atoms with E-state index in [0.717, 1.165) is 12.0 Å². The lowest BCUT2D eigenvalue weighted by atomic mass is 9.94. The number of rotatable bonds is 4. The van der Waals surface area contributed by atoms with Crippen molar-refractivity contribution in [1.29, 1.82) is 0 Å². The lowest BCUT2D eigenvalue weighted by Gasteiger charge is -2.17. The highest BCUT2D eigenvalue weighted by Crippen LogP contribution is 2.20. The monoisotopic (exact) mass is 210 g/mol. The Labute approximate surface area is 89.3 Å². The Hall–Kier alpha value is -0.800. The van der Waals surface area contributed by atoms with Gasteiger partial charge in [0.15, 0.2) is 0 Å². The molecule has 0 fully saturated rings. The molecule has 0 amide bonds. The molecule has 1 aromatic rings. The van der Waals surface area contributed by atoms with Crippen LogP contribution in [0.2, 0.25) is 0 Å². The maximum absolute atomic E-state index is 10.4. The van der Waals surface area contributed by atoms with Crippen molar-refractivity contribution in [3.63, 3.8) is 0 Å². The van der Waals surface area contributed by atoms with Gasteiger partial charge in [0.2, 0.25) is 0 Å². The summed E-state index contributed by atoms with van der Waals surface area (Å²) in [4.78, 5) is 0. The number of hydrogen-bond acceptors (Lipinski definition) is 1. The van der Waals surface area contributed by atoms with Gasteiger partial charge in [0.05, 0.1) is 9.75 Å². The summed E-state index contributed by atoms with van der Waals surface area (Å²) in [5.74, 6) is 0. The normalized spacial score (nSPS) is 11.4. The van der Waals surface area contributed by atoms with Crippen molar-refractivity contribution in [2.45, 2.75) is 32.7 Å². The summed E-state index contributed by atoms with van der Waals surface area (Å²) >= 11 is 0.413. The zero-order valence-electron chi connectivity index (χ0n) is 8.83. The van der Waals surface area contributed by atoms with Crippen LogP contribution in [0.5, 0.6) is 0 Å². The summed E-state index contributed by atoms with van der Waals surface area (Å²) in [7, 11) is 0. The molecule has 0 unspecified atom stereocenters. The molecule has 3 heteroatoms. The zero-order chi connectivity index (χ0) is 10.6. The Morgan fingerprint density at radius 3 is 2.29 bits per heavy atom. The minimum Gasteiger partial charge on any atom is -0.0613 e. The molecule has 14 heavy (non-hydrogen) atoms. The van der Waals surface area contributed by atoms with Crippen LogP contribution in [0.1, 0.15) is 31.9 Å². The van der Waals surface area contributed by atoms with Crippen LogP contribution in [0.25, 0.3) is 0 Å². The third-order valence-electron chi connectivity index (χ3n) is 2.38. The van der Waals surface area contributed by atoms with Crippen LogP contribution < -0.4 is 4.72 Å². The van der Waals surface area contributed by atoms with Crippen LogP contribution in [-0.4, -0.2) is 0 Å². The average Bonchev–Trinajstić information content (AvgIpc) is 2.18. The summed E-state index contributed by atoms with van der Waals surface area (Å²) in [6, 6.07) is 8.35. The zero-order valence-corrected chi connectivity index (χ0v) is 9.65. The van der Waals surface area contributed by atoms with Gasteiger partial charge in [-0.2, -0.15) is 0 Å². The molecule has 0 saturated carbocycles. The molecule has 1 aromatic carbocycles. The van der Waals surface area contributed by atoms with Crippen molar-refractivity contribution >= 4 is 11.9 Å². The summed E-state index contributed by atoms with van der Waals surface area (Å²) in [6.07, 6.45) is 1.05. The summed E-state index contributed by atoms with van der Waals surface area (Å²) in [5.41, 5.74) is 2.19. The van der Waals surface area contributed by atoms with Crippen LogP contribution in [0.4, 0.5) is 0 Å². The first-order chi connectivity index (χ1) is 6.60. The first kappa shape index (κ1) is 11.3. The predicted octanol–water partition coefficient (Wildman–Crippen LogP) is 2.42. The number of aryl methyl sites for hydroxylation is 1. The Morgan fingerprint density at radius 2 is 1.86 bits per heavy atom. The molecule has 1 N–H and O–H groups in total. The van der Waals surface area contributed by atoms with Crippen LogP contribution in [-0.2, 0) is 28.0 Å². The second-order valence-corrected chi connectivity index (χ2v) is 4.23. The largest absolute Gasteiger partial charge is 0.588 e. The fraction of sp³-hybridized carbons (Fsp3) is 0.455. The summed E-state index contributed by atoms with van der Waals surface area (Å²) < 4.78 is 13.3. The molecule has 0 heterocycles. The molecule has 76 valence electrons. The van der Waals surface area contributed by atoms with Gasteiger partial charge in [-0.25, -0.2) is 0 Å². The van der Waals surface area contributed by atoms with Gasteiger partial charge in [0.25, 0.3) is 0 Å². The quantitative estimate of drug-likeness (QED) is 0.600. The van der Waals surface area contributed by atoms with E-state index in [1.165, 1.54) is 5.56 Å². The molecule has 0 radical (unpaired) electrons. The Bertz CT molecular complexity index is 306. The Morgan fingerprint density at radius 1 is 1.29 bits per heavy atom. The van der Waals surface area contributed by atoms with E-state index >= 15 is 0 Å². The molecular formula is C11H16NOS+. The van der Waals surface area contributed by atoms with E-state index in [2.05, 4.69) is 35.9 Å². The maximum Gasteiger partial charge on any atom is 0.588 e. The highest BCUT2D eigenvalue weighted by Gasteiger charge is 2.26. The van der Waals surface area contributed by atoms with Crippen LogP contribution >= 0.6 is 0 Å². The first-order valence-electron chi connectivity index (χ1n) is 4.75. The molecule has 0 saturated heterocycles. The molecule has 0 aliphatic rings. The van der Waals surface area contributed by atoms with Crippen molar-refractivity contribution in [1.82, 2.24) is 4.72 Å². The van der Waals surface area contributed by atoms with Gasteiger partial charge in [0.1, 0.15) is 0 Å². The van der Waals surface area contributed by atoms with E-state index in [4.69, 9.17) is 0 Å². The van der Waals surface area contributed by atoms with E-state index in [1.807, 2.05) is 13.8 Å². The highest BCUT2D eigenvalue weighted by atomic mass is 32.2. The summed E-state index contributed by atoms with van der Waals surface area (Å²) in [5, 5.41) is 0. The Kier molecular flexibility index (Phi) is 3.72. The van der Waals surface area contributed by atoms with Crippen molar-refractivity contribution in [3.8, 4) is 0 Å². The van der Waals surface area contributed by atoms with Gasteiger partial charge in [-0.1, -0.05) is 31.2 Å². The summed E-state index contributed by atoms with van der Waals surface area (Å²) in [6.45, 7) is 6.13. The highest BCUT2D eigenvalue weighted by molar-refractivity contribution is 7.63. The van der Waals surface area contributed by atoms with Gasteiger partial charge in [-0.3, -0.25) is 0 Å². The van der Waals surface area contributed by atoms with E-state index < -0.39 is 0 Å². The second kappa shape index (κ2) is 4.62. The predicted molar refractivity (Wildman–Crippen MR) is 60.0 cm³/mol. The van der Waals surface area contributed by atoms with E-state index in [9.17, 15) is 4.21 Å². The lowest BCUT2D eigenvalue weighted by molar-refractivity contribution is 0.493. The molecule has 0 atom stereocenters. The number of benzene rings is 1. The van der Waals surface area contributed by atoms with Crippen LogP contribution in [0.15, 0.2) is 24.3 Å². The molecule has 0 aromatic heterocycles. The smallest absolute Gasteiger partial charge is 0.0613 e. The maximum atomic E-state index is 10.4. The Balaban J connectivity index is 2.90. The molecule has 0 aliphatic heterocycles. The SMILES string of the molecule is CCc1ccc(C(C)(C)N[S+]=O)cc1. The van der Waals surface area contributed by atoms with Gasteiger partial charge in [-0.15, -0.1) is 0 Å². The van der Waals surface area contributed by atoms with Gasteiger partial charge < -0.3 is 0 Å². The minimum absolute atomic E-state index is 0.265. The first-order valence-corrected chi connectivity index (χ1v) is 5.49. The third-order valence-corrected chi connectivity index (χ3v) is 2.97. The molecule has 0 spiro atoms. The lowest BCUT2D eigenvalue weighted by Crippen LogP contribution is -2.33. The fourth-order valence-corrected chi connectivity index (χ4v) is 1.65. The van der Waals surface area contributed by atoms with Crippen molar-refractivity contribution in [2.24, 2.45) is 0 Å². The third kappa shape index (κ3) is 2.59. The van der Waals surface area contributed by atoms with Gasteiger partial charge in [0, 0.05) is 0 Å². The van der Waals surface area contributed by atoms with Crippen LogP contribution in [0.3, 0.4) is 0 Å². The number of hydrogen-bond donors (Lipinski definition) is 1. The van der Waals surface area contributed by atoms with Crippen molar-refractivity contribution in [2.75, 3.05) is 0 Å². The molecule has 0 aliphatic carbocycles. The van der Waals surface area contributed by atoms with Crippen LogP contribution in [0, 0.1) is 0 Å². The van der Waals surface area contributed by atoms with E-state index in [1.54, 1.807) is 0 Å². The minimum atomic E-state index is -0.265. The van der Waals surface area contributed by atoms with E-state index in [0.29, 0.717) is 11.9 Å². The van der Waals surface area contributed by atoms with Gasteiger partial charge >= 0.3 is 11.9 Å². The average molecular weight is 210 g/mol. The molecular weight excluding hydrogens is 194 g/mol. The topological polar surface area (TPSA) is 29.1 Å².